The molecule has 1 aliphatic rings. The number of rotatable bonds is 8. The van der Waals surface area contributed by atoms with Crippen molar-refractivity contribution in [2.24, 2.45) is 0 Å². The lowest BCUT2D eigenvalue weighted by Gasteiger charge is -2.17. The van der Waals surface area contributed by atoms with E-state index in [4.69, 9.17) is 0 Å². The first-order chi connectivity index (χ1) is 17.1. The van der Waals surface area contributed by atoms with Gasteiger partial charge in [0.15, 0.2) is 11.5 Å². The van der Waals surface area contributed by atoms with E-state index in [2.05, 4.69) is 15.5 Å². The van der Waals surface area contributed by atoms with Crippen molar-refractivity contribution in [2.75, 3.05) is 12.0 Å². The molecule has 8 nitrogen and oxygen atoms in total. The van der Waals surface area contributed by atoms with Gasteiger partial charge in [-0.15, -0.1) is 10.2 Å². The number of pyridine rings is 1. The van der Waals surface area contributed by atoms with Crippen molar-refractivity contribution >= 4 is 35.1 Å². The standard InChI is InChI=1S/C26H23N5O3S/c1-35-14-12-21(23-29-28-22-9-5-6-13-30(22)23)27-24(32)18-10-11-19-20(15-18)26(34)31(25(19)33)16-17-7-3-2-4-8-17/h2-11,13,15,21H,12,14,16H2,1H3,(H,27,32). The van der Waals surface area contributed by atoms with Crippen LogP contribution >= 0.6 is 11.8 Å². The van der Waals surface area contributed by atoms with Gasteiger partial charge in [0, 0.05) is 11.8 Å². The molecule has 35 heavy (non-hydrogen) atoms. The van der Waals surface area contributed by atoms with Gasteiger partial charge in [-0.1, -0.05) is 36.4 Å². The number of amides is 3. The average molecular weight is 486 g/mol. The fraction of sp³-hybridized carbons (Fsp3) is 0.192. The van der Waals surface area contributed by atoms with Gasteiger partial charge in [0.25, 0.3) is 17.7 Å². The van der Waals surface area contributed by atoms with Gasteiger partial charge >= 0.3 is 0 Å². The van der Waals surface area contributed by atoms with Crippen molar-refractivity contribution in [1.82, 2.24) is 24.8 Å². The summed E-state index contributed by atoms with van der Waals surface area (Å²) >= 11 is 1.68. The second kappa shape index (κ2) is 9.71. The van der Waals surface area contributed by atoms with Crippen LogP contribution in [0.3, 0.4) is 0 Å². The van der Waals surface area contributed by atoms with E-state index in [0.29, 0.717) is 29.0 Å². The summed E-state index contributed by atoms with van der Waals surface area (Å²) in [5.74, 6) is 0.371. The van der Waals surface area contributed by atoms with Crippen LogP contribution in [0.15, 0.2) is 72.9 Å². The van der Waals surface area contributed by atoms with Crippen molar-refractivity contribution in [3.05, 3.63) is 101 Å². The van der Waals surface area contributed by atoms with Crippen LogP contribution < -0.4 is 5.32 Å². The van der Waals surface area contributed by atoms with Crippen molar-refractivity contribution in [2.45, 2.75) is 19.0 Å². The number of nitrogens with one attached hydrogen (secondary N) is 1. The molecule has 1 atom stereocenters. The number of aromatic nitrogens is 3. The van der Waals surface area contributed by atoms with Gasteiger partial charge in [-0.2, -0.15) is 11.8 Å². The molecule has 3 amide bonds. The molecular weight excluding hydrogens is 462 g/mol. The Morgan fingerprint density at radius 1 is 0.971 bits per heavy atom. The molecule has 4 aromatic rings. The molecule has 1 N–H and O–H groups in total. The molecule has 2 aromatic heterocycles. The van der Waals surface area contributed by atoms with Crippen molar-refractivity contribution < 1.29 is 14.4 Å². The quantitative estimate of drug-likeness (QED) is 0.382. The Kier molecular flexibility index (Phi) is 6.33. The molecule has 9 heteroatoms. The van der Waals surface area contributed by atoms with E-state index in [0.717, 1.165) is 11.3 Å². The van der Waals surface area contributed by atoms with Gasteiger partial charge in [-0.05, 0) is 54.3 Å². The largest absolute Gasteiger partial charge is 0.342 e. The lowest BCUT2D eigenvalue weighted by atomic mass is 10.0. The van der Waals surface area contributed by atoms with Gasteiger partial charge in [-0.25, -0.2) is 0 Å². The van der Waals surface area contributed by atoms with E-state index < -0.39 is 5.91 Å². The van der Waals surface area contributed by atoms with Gasteiger partial charge in [0.2, 0.25) is 0 Å². The Labute approximate surface area is 206 Å². The SMILES string of the molecule is CSCCC(NC(=O)c1ccc2c(c1)C(=O)N(Cc1ccccc1)C2=O)c1nnc2ccccn12. The number of benzene rings is 2. The maximum absolute atomic E-state index is 13.2. The topological polar surface area (TPSA) is 96.7 Å². The van der Waals surface area contributed by atoms with Crippen LogP contribution in [0.4, 0.5) is 0 Å². The Bertz CT molecular complexity index is 1420. The first kappa shape index (κ1) is 22.8. The fourth-order valence-electron chi connectivity index (χ4n) is 4.18. The minimum Gasteiger partial charge on any atom is -0.342 e. The minimum atomic E-state index is -0.397. The molecule has 3 heterocycles. The molecule has 1 unspecified atom stereocenters. The number of thioether (sulfide) groups is 1. The van der Waals surface area contributed by atoms with E-state index in [1.807, 2.05) is 65.4 Å². The molecular formula is C26H23N5O3S. The molecule has 0 aliphatic carbocycles. The Balaban J connectivity index is 1.38. The highest BCUT2D eigenvalue weighted by Gasteiger charge is 2.36. The lowest BCUT2D eigenvalue weighted by molar-refractivity contribution is 0.0642. The number of imide groups is 1. The number of hydrogen-bond donors (Lipinski definition) is 1. The third kappa shape index (κ3) is 4.42. The molecule has 0 fully saturated rings. The van der Waals surface area contributed by atoms with Gasteiger partial charge in [0.1, 0.15) is 0 Å². The molecule has 176 valence electrons. The molecule has 0 saturated heterocycles. The fourth-order valence-corrected chi connectivity index (χ4v) is 4.65. The van der Waals surface area contributed by atoms with Crippen LogP contribution in [-0.4, -0.2) is 49.2 Å². The van der Waals surface area contributed by atoms with Crippen molar-refractivity contribution in [1.29, 1.82) is 0 Å². The Morgan fingerprint density at radius 3 is 2.54 bits per heavy atom. The highest BCUT2D eigenvalue weighted by Crippen LogP contribution is 2.26. The first-order valence-corrected chi connectivity index (χ1v) is 12.6. The van der Waals surface area contributed by atoms with Crippen molar-refractivity contribution in [3.63, 3.8) is 0 Å². The summed E-state index contributed by atoms with van der Waals surface area (Å²) in [7, 11) is 0. The maximum atomic E-state index is 13.2. The summed E-state index contributed by atoms with van der Waals surface area (Å²) in [6, 6.07) is 19.2. The average Bonchev–Trinajstić information content (AvgIpc) is 3.42. The Hall–Kier alpha value is -3.98. The number of carbonyl (C=O) groups excluding carboxylic acids is 3. The van der Waals surface area contributed by atoms with Gasteiger partial charge in [-0.3, -0.25) is 23.7 Å². The molecule has 5 rings (SSSR count). The molecule has 0 radical (unpaired) electrons. The summed E-state index contributed by atoms with van der Waals surface area (Å²) in [4.78, 5) is 40.3. The predicted molar refractivity (Wildman–Crippen MR) is 133 cm³/mol. The highest BCUT2D eigenvalue weighted by molar-refractivity contribution is 7.98. The summed E-state index contributed by atoms with van der Waals surface area (Å²) < 4.78 is 1.86. The lowest BCUT2D eigenvalue weighted by Crippen LogP contribution is -2.30. The van der Waals surface area contributed by atoms with Gasteiger partial charge in [0.05, 0.1) is 23.7 Å². The molecule has 1 aliphatic heterocycles. The third-order valence-electron chi connectivity index (χ3n) is 5.98. The number of nitrogens with zero attached hydrogens (tertiary/aromatic N) is 4. The summed E-state index contributed by atoms with van der Waals surface area (Å²) in [6.45, 7) is 0.186. The number of carbonyl (C=O) groups is 3. The van der Waals surface area contributed by atoms with Crippen molar-refractivity contribution in [3.8, 4) is 0 Å². The van der Waals surface area contributed by atoms with Crippen LogP contribution in [0.2, 0.25) is 0 Å². The molecule has 0 bridgehead atoms. The van der Waals surface area contributed by atoms with Gasteiger partial charge < -0.3 is 5.32 Å². The second-order valence-electron chi connectivity index (χ2n) is 8.24. The molecule has 0 spiro atoms. The zero-order valence-corrected chi connectivity index (χ0v) is 19.9. The van der Waals surface area contributed by atoms with E-state index in [9.17, 15) is 14.4 Å². The monoisotopic (exact) mass is 485 g/mol. The van der Waals surface area contributed by atoms with E-state index >= 15 is 0 Å². The van der Waals surface area contributed by atoms with Crippen LogP contribution in [0.25, 0.3) is 5.65 Å². The first-order valence-electron chi connectivity index (χ1n) is 11.2. The second-order valence-corrected chi connectivity index (χ2v) is 9.22. The van der Waals surface area contributed by atoms with E-state index in [1.54, 1.807) is 23.9 Å². The predicted octanol–water partition coefficient (Wildman–Crippen LogP) is 3.75. The van der Waals surface area contributed by atoms with Crippen LogP contribution in [0.1, 0.15) is 54.9 Å². The highest BCUT2D eigenvalue weighted by atomic mass is 32.2. The zero-order chi connectivity index (χ0) is 24.4. The summed E-state index contributed by atoms with van der Waals surface area (Å²) in [5, 5.41) is 11.6. The third-order valence-corrected chi connectivity index (χ3v) is 6.63. The summed E-state index contributed by atoms with van der Waals surface area (Å²) in [5.41, 5.74) is 2.43. The smallest absolute Gasteiger partial charge is 0.261 e. The molecule has 2 aromatic carbocycles. The number of fused-ring (bicyclic) bond motifs is 2. The van der Waals surface area contributed by atoms with Crippen LogP contribution in [0.5, 0.6) is 0 Å². The summed E-state index contributed by atoms with van der Waals surface area (Å²) in [6.07, 6.45) is 4.53. The Morgan fingerprint density at radius 2 is 1.74 bits per heavy atom. The minimum absolute atomic E-state index is 0.186. The maximum Gasteiger partial charge on any atom is 0.261 e. The van der Waals surface area contributed by atoms with E-state index in [-0.39, 0.29) is 30.0 Å². The van der Waals surface area contributed by atoms with Crippen LogP contribution in [0, 0.1) is 0 Å². The number of hydrogen-bond acceptors (Lipinski definition) is 6. The zero-order valence-electron chi connectivity index (χ0n) is 19.0. The van der Waals surface area contributed by atoms with E-state index in [1.165, 1.54) is 11.0 Å². The molecule has 0 saturated carbocycles. The van der Waals surface area contributed by atoms with Crippen LogP contribution in [-0.2, 0) is 6.54 Å². The normalized spacial score (nSPS) is 13.8.